The molecule has 0 saturated heterocycles. The van der Waals surface area contributed by atoms with Crippen LogP contribution in [0.2, 0.25) is 0 Å². The maximum absolute atomic E-state index is 13.7. The molecule has 2 aromatic heterocycles. The third kappa shape index (κ3) is 5.34. The predicted molar refractivity (Wildman–Crippen MR) is 120 cm³/mol. The van der Waals surface area contributed by atoms with E-state index in [9.17, 15) is 22.4 Å². The van der Waals surface area contributed by atoms with Gasteiger partial charge in [0.25, 0.3) is 5.91 Å². The van der Waals surface area contributed by atoms with Gasteiger partial charge in [0.2, 0.25) is 5.95 Å². The van der Waals surface area contributed by atoms with Crippen LogP contribution in [0.1, 0.15) is 21.5 Å². The van der Waals surface area contributed by atoms with E-state index < -0.39 is 29.0 Å². The van der Waals surface area contributed by atoms with Crippen LogP contribution in [0, 0.1) is 12.7 Å². The van der Waals surface area contributed by atoms with Crippen molar-refractivity contribution in [1.29, 1.82) is 0 Å². The Hall–Kier alpha value is -4.55. The first-order chi connectivity index (χ1) is 16.6. The summed E-state index contributed by atoms with van der Waals surface area (Å²) in [4.78, 5) is 25.0. The predicted octanol–water partition coefficient (Wildman–Crippen LogP) is 4.56. The Labute approximate surface area is 196 Å². The number of hydrogen-bond donors (Lipinski definition) is 3. The summed E-state index contributed by atoms with van der Waals surface area (Å²) in [6.07, 6.45) is -2.09. The second kappa shape index (κ2) is 9.37. The SMILES string of the molecule is CNc1cc(-n2ncnc2Nc2cc(NC(=O)c3cc(F)cc(C(F)(F)F)c3)ccc2C)ncn1. The quantitative estimate of drug-likeness (QED) is 0.343. The van der Waals surface area contributed by atoms with E-state index in [1.54, 1.807) is 38.2 Å². The van der Waals surface area contributed by atoms with Crippen molar-refractivity contribution in [3.63, 3.8) is 0 Å². The molecule has 9 nitrogen and oxygen atoms in total. The van der Waals surface area contributed by atoms with Gasteiger partial charge in [-0.1, -0.05) is 6.07 Å². The number of alkyl halides is 3. The van der Waals surface area contributed by atoms with E-state index in [-0.39, 0.29) is 5.69 Å². The van der Waals surface area contributed by atoms with Gasteiger partial charge in [-0.2, -0.15) is 27.9 Å². The standard InChI is InChI=1S/C22H18F4N8O/c1-12-3-4-16(32-20(35)13-5-14(22(24,25)26)7-15(23)6-13)8-17(12)33-21-30-11-31-34(21)19-9-18(27-2)28-10-29-19/h3-11H,1-2H3,(H,32,35)(H,27,28,29)(H,30,31,33). The van der Waals surface area contributed by atoms with Gasteiger partial charge in [-0.25, -0.2) is 14.4 Å². The van der Waals surface area contributed by atoms with Crippen LogP contribution in [0.3, 0.4) is 0 Å². The highest BCUT2D eigenvalue weighted by atomic mass is 19.4. The molecule has 0 spiro atoms. The average molecular weight is 486 g/mol. The van der Waals surface area contributed by atoms with Crippen LogP contribution in [0.4, 0.5) is 40.7 Å². The molecule has 0 aliphatic heterocycles. The van der Waals surface area contributed by atoms with Gasteiger partial charge in [0.05, 0.1) is 5.56 Å². The first-order valence-electron chi connectivity index (χ1n) is 10.1. The number of aromatic nitrogens is 5. The van der Waals surface area contributed by atoms with Gasteiger partial charge >= 0.3 is 6.18 Å². The Kier molecular flexibility index (Phi) is 6.32. The molecule has 4 aromatic rings. The van der Waals surface area contributed by atoms with Gasteiger partial charge in [0.15, 0.2) is 5.82 Å². The van der Waals surface area contributed by atoms with Gasteiger partial charge in [-0.3, -0.25) is 4.79 Å². The van der Waals surface area contributed by atoms with E-state index in [4.69, 9.17) is 0 Å². The second-order valence-corrected chi connectivity index (χ2v) is 7.34. The molecular weight excluding hydrogens is 468 g/mol. The molecule has 0 saturated carbocycles. The fourth-order valence-corrected chi connectivity index (χ4v) is 3.14. The van der Waals surface area contributed by atoms with Crippen LogP contribution < -0.4 is 16.0 Å². The van der Waals surface area contributed by atoms with Gasteiger partial charge < -0.3 is 16.0 Å². The minimum absolute atomic E-state index is 0.270. The molecule has 1 amide bonds. The number of nitrogens with zero attached hydrogens (tertiary/aromatic N) is 5. The number of amides is 1. The topological polar surface area (TPSA) is 110 Å². The lowest BCUT2D eigenvalue weighted by atomic mass is 10.1. The third-order valence-electron chi connectivity index (χ3n) is 4.90. The molecule has 0 aliphatic rings. The zero-order valence-electron chi connectivity index (χ0n) is 18.4. The minimum atomic E-state index is -4.79. The van der Waals surface area contributed by atoms with E-state index in [2.05, 4.69) is 36.0 Å². The summed E-state index contributed by atoms with van der Waals surface area (Å²) < 4.78 is 54.1. The van der Waals surface area contributed by atoms with E-state index in [0.717, 1.165) is 11.6 Å². The molecule has 2 heterocycles. The van der Waals surface area contributed by atoms with E-state index >= 15 is 0 Å². The van der Waals surface area contributed by atoms with Gasteiger partial charge in [0, 0.05) is 30.1 Å². The second-order valence-electron chi connectivity index (χ2n) is 7.34. The summed E-state index contributed by atoms with van der Waals surface area (Å²) in [7, 11) is 1.71. The molecule has 0 bridgehead atoms. The lowest BCUT2D eigenvalue weighted by Gasteiger charge is -2.13. The first-order valence-corrected chi connectivity index (χ1v) is 10.1. The number of hydrogen-bond acceptors (Lipinski definition) is 7. The molecule has 0 fully saturated rings. The molecule has 3 N–H and O–H groups in total. The van der Waals surface area contributed by atoms with Gasteiger partial charge in [-0.05, 0) is 42.8 Å². The first kappa shape index (κ1) is 23.6. The summed E-state index contributed by atoms with van der Waals surface area (Å²) in [5.41, 5.74) is -0.126. The summed E-state index contributed by atoms with van der Waals surface area (Å²) in [5, 5.41) is 12.6. The van der Waals surface area contributed by atoms with Crippen molar-refractivity contribution in [2.75, 3.05) is 23.0 Å². The summed E-state index contributed by atoms with van der Waals surface area (Å²) in [5.74, 6) is -0.728. The van der Waals surface area contributed by atoms with Crippen molar-refractivity contribution in [3.8, 4) is 5.82 Å². The molecule has 13 heteroatoms. The molecule has 35 heavy (non-hydrogen) atoms. The summed E-state index contributed by atoms with van der Waals surface area (Å²) in [6.45, 7) is 1.81. The highest BCUT2D eigenvalue weighted by Crippen LogP contribution is 2.31. The highest BCUT2D eigenvalue weighted by Gasteiger charge is 2.32. The van der Waals surface area contributed by atoms with Gasteiger partial charge in [-0.15, -0.1) is 0 Å². The lowest BCUT2D eigenvalue weighted by molar-refractivity contribution is -0.137. The molecule has 0 aliphatic carbocycles. The Morgan fingerprint density at radius 2 is 1.80 bits per heavy atom. The average Bonchev–Trinajstić information content (AvgIpc) is 3.28. The number of anilines is 4. The summed E-state index contributed by atoms with van der Waals surface area (Å²) >= 11 is 0. The molecule has 0 unspecified atom stereocenters. The normalized spacial score (nSPS) is 11.3. The molecule has 0 atom stereocenters. The number of benzene rings is 2. The van der Waals surface area contributed by atoms with Crippen LogP contribution in [0.5, 0.6) is 0 Å². The maximum Gasteiger partial charge on any atom is 0.416 e. The van der Waals surface area contributed by atoms with E-state index in [1.165, 1.54) is 17.3 Å². The van der Waals surface area contributed by atoms with E-state index in [1.807, 2.05) is 0 Å². The van der Waals surface area contributed by atoms with Crippen molar-refractivity contribution in [1.82, 2.24) is 24.7 Å². The van der Waals surface area contributed by atoms with E-state index in [0.29, 0.717) is 35.4 Å². The van der Waals surface area contributed by atoms with Crippen molar-refractivity contribution in [2.24, 2.45) is 0 Å². The molecule has 0 radical (unpaired) electrons. The maximum atomic E-state index is 13.7. The Balaban J connectivity index is 1.58. The molecular formula is C22H18F4N8O. The minimum Gasteiger partial charge on any atom is -0.373 e. The van der Waals surface area contributed by atoms with Crippen LogP contribution in [0.25, 0.3) is 5.82 Å². The van der Waals surface area contributed by atoms with Crippen LogP contribution in [-0.2, 0) is 6.18 Å². The number of rotatable bonds is 6. The van der Waals surface area contributed by atoms with Crippen LogP contribution >= 0.6 is 0 Å². The van der Waals surface area contributed by atoms with Gasteiger partial charge in [0.1, 0.15) is 24.3 Å². The molecule has 4 rings (SSSR count). The summed E-state index contributed by atoms with van der Waals surface area (Å²) in [6, 6.07) is 8.15. The fraction of sp³-hybridized carbons (Fsp3) is 0.136. The van der Waals surface area contributed by atoms with Crippen molar-refractivity contribution in [2.45, 2.75) is 13.1 Å². The lowest BCUT2D eigenvalue weighted by Crippen LogP contribution is -2.15. The monoisotopic (exact) mass is 486 g/mol. The fourth-order valence-electron chi connectivity index (χ4n) is 3.14. The Morgan fingerprint density at radius 3 is 2.54 bits per heavy atom. The number of halogens is 4. The molecule has 2 aromatic carbocycles. The number of carbonyl (C=O) groups is 1. The Morgan fingerprint density at radius 1 is 1.00 bits per heavy atom. The number of aryl methyl sites for hydroxylation is 1. The van der Waals surface area contributed by atoms with Crippen molar-refractivity contribution >= 4 is 29.0 Å². The van der Waals surface area contributed by atoms with Crippen molar-refractivity contribution < 1.29 is 22.4 Å². The van der Waals surface area contributed by atoms with Crippen LogP contribution in [-0.4, -0.2) is 37.7 Å². The smallest absolute Gasteiger partial charge is 0.373 e. The zero-order chi connectivity index (χ0) is 25.2. The largest absolute Gasteiger partial charge is 0.416 e. The molecule has 180 valence electrons. The zero-order valence-corrected chi connectivity index (χ0v) is 18.4. The number of nitrogens with one attached hydrogen (secondary N) is 3. The van der Waals surface area contributed by atoms with Crippen molar-refractivity contribution in [3.05, 3.63) is 77.6 Å². The third-order valence-corrected chi connectivity index (χ3v) is 4.90. The Bertz CT molecular complexity index is 1390. The highest BCUT2D eigenvalue weighted by molar-refractivity contribution is 6.04. The number of carbonyl (C=O) groups excluding carboxylic acids is 1. The van der Waals surface area contributed by atoms with Crippen LogP contribution in [0.15, 0.2) is 55.1 Å².